The van der Waals surface area contributed by atoms with Crippen molar-refractivity contribution in [3.05, 3.63) is 65.7 Å². The van der Waals surface area contributed by atoms with E-state index in [-0.39, 0.29) is 20.4 Å². The van der Waals surface area contributed by atoms with Crippen molar-refractivity contribution in [1.29, 1.82) is 0 Å². The average molecular weight is 392 g/mol. The molecule has 2 aromatic carbocycles. The Morgan fingerprint density at radius 3 is 2.18 bits per heavy atom. The third-order valence-corrected chi connectivity index (χ3v) is 3.48. The van der Waals surface area contributed by atoms with Gasteiger partial charge >= 0.3 is 0 Å². The van der Waals surface area contributed by atoms with Gasteiger partial charge in [-0.05, 0) is 11.6 Å². The van der Waals surface area contributed by atoms with Gasteiger partial charge in [-0.3, -0.25) is 4.79 Å². The molecule has 0 bridgehead atoms. The van der Waals surface area contributed by atoms with Crippen LogP contribution in [0.3, 0.4) is 0 Å². The molecule has 3 rings (SSSR count). The molecule has 0 aromatic heterocycles. The molecule has 22 heavy (non-hydrogen) atoms. The Morgan fingerprint density at radius 2 is 1.59 bits per heavy atom. The Morgan fingerprint density at radius 1 is 1.09 bits per heavy atom. The van der Waals surface area contributed by atoms with E-state index in [9.17, 15) is 5.11 Å². The Hall–Kier alpha value is -1.67. The summed E-state index contributed by atoms with van der Waals surface area (Å²) >= 11 is 0. The van der Waals surface area contributed by atoms with E-state index in [4.69, 9.17) is 9.90 Å². The number of carboxylic acids is 1. The number of carbonyl (C=O) groups is 1. The largest absolute Gasteiger partial charge is 0.481 e. The molecule has 0 saturated carbocycles. The number of rotatable bonds is 1. The minimum Gasteiger partial charge on any atom is -0.481 e. The maximum absolute atomic E-state index is 10.9. The standard InChI is InChI=1S/C15H15NO.C2H4O2.Pd/c1-16-11-15(17,12-7-3-2-4-8-12)13-9-5-6-10-14(13)16;1-2(3)4;/h2-10,17H,11H2,1H3;1H3,(H,3,4);. The van der Waals surface area contributed by atoms with Gasteiger partial charge in [-0.1, -0.05) is 48.5 Å². The summed E-state index contributed by atoms with van der Waals surface area (Å²) in [7, 11) is 2.01. The molecule has 0 radical (unpaired) electrons. The zero-order valence-electron chi connectivity index (χ0n) is 12.5. The molecule has 0 spiro atoms. The number of para-hydroxylation sites is 1. The second-order valence-electron chi connectivity index (χ2n) is 5.12. The molecule has 1 unspecified atom stereocenters. The summed E-state index contributed by atoms with van der Waals surface area (Å²) in [6.07, 6.45) is 0. The summed E-state index contributed by atoms with van der Waals surface area (Å²) in [5, 5.41) is 18.4. The van der Waals surface area contributed by atoms with Crippen molar-refractivity contribution >= 4 is 11.7 Å². The van der Waals surface area contributed by atoms with E-state index in [1.54, 1.807) is 0 Å². The van der Waals surface area contributed by atoms with Crippen molar-refractivity contribution in [2.45, 2.75) is 12.5 Å². The van der Waals surface area contributed by atoms with Gasteiger partial charge in [0.2, 0.25) is 0 Å². The van der Waals surface area contributed by atoms with Crippen molar-refractivity contribution in [1.82, 2.24) is 0 Å². The number of aliphatic hydroxyl groups is 1. The second kappa shape index (κ2) is 7.55. The van der Waals surface area contributed by atoms with Gasteiger partial charge in [0.05, 0.1) is 6.54 Å². The molecule has 0 saturated heterocycles. The first-order chi connectivity index (χ1) is 9.95. The number of fused-ring (bicyclic) bond motifs is 1. The van der Waals surface area contributed by atoms with Crippen molar-refractivity contribution < 1.29 is 35.4 Å². The first-order valence-electron chi connectivity index (χ1n) is 6.73. The van der Waals surface area contributed by atoms with Crippen LogP contribution in [0.25, 0.3) is 0 Å². The number of aliphatic carboxylic acids is 1. The van der Waals surface area contributed by atoms with Gasteiger partial charge < -0.3 is 15.1 Å². The molecule has 1 atom stereocenters. The number of likely N-dealkylation sites (N-methyl/N-ethyl adjacent to an activating group) is 1. The van der Waals surface area contributed by atoms with Gasteiger partial charge in [-0.2, -0.15) is 0 Å². The summed E-state index contributed by atoms with van der Waals surface area (Å²) < 4.78 is 0. The molecular formula is C17H19NO3Pd. The Balaban J connectivity index is 0.000000436. The van der Waals surface area contributed by atoms with Crippen molar-refractivity contribution in [2.24, 2.45) is 0 Å². The third-order valence-electron chi connectivity index (χ3n) is 3.48. The van der Waals surface area contributed by atoms with Gasteiger partial charge in [0.15, 0.2) is 0 Å². The summed E-state index contributed by atoms with van der Waals surface area (Å²) in [5.74, 6) is -0.833. The van der Waals surface area contributed by atoms with E-state index in [1.807, 2.05) is 55.6 Å². The fraction of sp³-hybridized carbons (Fsp3) is 0.235. The van der Waals surface area contributed by atoms with E-state index < -0.39 is 11.6 Å². The fourth-order valence-electron chi connectivity index (χ4n) is 2.63. The Labute approximate surface area is 144 Å². The molecule has 0 aliphatic carbocycles. The Bertz CT molecular complexity index is 629. The maximum atomic E-state index is 10.9. The molecule has 1 heterocycles. The van der Waals surface area contributed by atoms with Crippen LogP contribution in [0.5, 0.6) is 0 Å². The molecule has 4 nitrogen and oxygen atoms in total. The smallest absolute Gasteiger partial charge is 0.300 e. The molecule has 2 N–H and O–H groups in total. The number of nitrogens with zero attached hydrogens (tertiary/aromatic N) is 1. The third kappa shape index (κ3) is 3.75. The zero-order chi connectivity index (χ0) is 15.5. The van der Waals surface area contributed by atoms with Crippen LogP contribution in [0.1, 0.15) is 18.1 Å². The van der Waals surface area contributed by atoms with Crippen molar-refractivity contribution in [2.75, 3.05) is 18.5 Å². The quantitative estimate of drug-likeness (QED) is 0.733. The molecular weight excluding hydrogens is 373 g/mol. The van der Waals surface area contributed by atoms with Gasteiger partial charge in [-0.25, -0.2) is 0 Å². The van der Waals surface area contributed by atoms with E-state index in [0.717, 1.165) is 23.7 Å². The zero-order valence-corrected chi connectivity index (χ0v) is 14.0. The van der Waals surface area contributed by atoms with Crippen LogP contribution in [-0.2, 0) is 30.8 Å². The van der Waals surface area contributed by atoms with E-state index in [0.29, 0.717) is 6.54 Å². The molecule has 0 amide bonds. The minimum absolute atomic E-state index is 0. The van der Waals surface area contributed by atoms with Gasteiger partial charge in [0.1, 0.15) is 5.60 Å². The minimum atomic E-state index is -0.882. The SMILES string of the molecule is CC(=O)O.CN1CC(O)(c2ccccc2)c2ccccc21.[Pd]. The van der Waals surface area contributed by atoms with Gasteiger partial charge in [0.25, 0.3) is 5.97 Å². The van der Waals surface area contributed by atoms with E-state index in [1.165, 1.54) is 0 Å². The van der Waals surface area contributed by atoms with Crippen molar-refractivity contribution in [3.63, 3.8) is 0 Å². The molecule has 120 valence electrons. The number of β-amino-alcohol motifs (C(OH)–C–C–N with tert-alkyl or cyclic N) is 1. The van der Waals surface area contributed by atoms with Crippen LogP contribution in [0.4, 0.5) is 5.69 Å². The van der Waals surface area contributed by atoms with Crippen LogP contribution in [0.2, 0.25) is 0 Å². The normalized spacial score (nSPS) is 18.6. The van der Waals surface area contributed by atoms with Crippen molar-refractivity contribution in [3.8, 4) is 0 Å². The topological polar surface area (TPSA) is 60.8 Å². The van der Waals surface area contributed by atoms with E-state index >= 15 is 0 Å². The Kier molecular flexibility index (Phi) is 6.31. The summed E-state index contributed by atoms with van der Waals surface area (Å²) in [6, 6.07) is 17.9. The number of hydrogen-bond donors (Lipinski definition) is 2. The van der Waals surface area contributed by atoms with Crippen LogP contribution >= 0.6 is 0 Å². The summed E-state index contributed by atoms with van der Waals surface area (Å²) in [6.45, 7) is 1.69. The number of hydrogen-bond acceptors (Lipinski definition) is 3. The van der Waals surface area contributed by atoms with Crippen LogP contribution < -0.4 is 4.90 Å². The summed E-state index contributed by atoms with van der Waals surface area (Å²) in [4.78, 5) is 11.1. The maximum Gasteiger partial charge on any atom is 0.300 e. The fourth-order valence-corrected chi connectivity index (χ4v) is 2.63. The molecule has 1 aliphatic heterocycles. The average Bonchev–Trinajstić information content (AvgIpc) is 2.73. The molecule has 1 aliphatic rings. The van der Waals surface area contributed by atoms with Crippen LogP contribution in [0.15, 0.2) is 54.6 Å². The van der Waals surface area contributed by atoms with Gasteiger partial charge in [-0.15, -0.1) is 0 Å². The predicted octanol–water partition coefficient (Wildman–Crippen LogP) is 2.46. The first kappa shape index (κ1) is 18.4. The molecule has 0 fully saturated rings. The van der Waals surface area contributed by atoms with E-state index in [2.05, 4.69) is 11.0 Å². The number of anilines is 1. The molecule has 2 aromatic rings. The number of carboxylic acid groups (broad SMARTS) is 1. The van der Waals surface area contributed by atoms with Gasteiger partial charge in [0, 0.05) is 45.6 Å². The summed E-state index contributed by atoms with van der Waals surface area (Å²) in [5.41, 5.74) is 2.18. The van der Waals surface area contributed by atoms with Crippen LogP contribution in [0, 0.1) is 0 Å². The molecule has 5 heteroatoms. The first-order valence-corrected chi connectivity index (χ1v) is 6.73. The second-order valence-corrected chi connectivity index (χ2v) is 5.12. The monoisotopic (exact) mass is 391 g/mol. The predicted molar refractivity (Wildman–Crippen MR) is 82.5 cm³/mol. The number of benzene rings is 2. The van der Waals surface area contributed by atoms with Crippen LogP contribution in [-0.4, -0.2) is 29.8 Å².